The lowest BCUT2D eigenvalue weighted by Crippen LogP contribution is -2.42. The summed E-state index contributed by atoms with van der Waals surface area (Å²) in [5.41, 5.74) is 2.43. The maximum Gasteiger partial charge on any atom is 0.117 e. The summed E-state index contributed by atoms with van der Waals surface area (Å²) in [6.07, 6.45) is 6.04. The molecule has 0 bridgehead atoms. The minimum Gasteiger partial charge on any atom is -0.468 e. The maximum atomic E-state index is 5.47. The molecule has 130 valence electrons. The molecule has 0 aliphatic carbocycles. The molecule has 0 atom stereocenters. The van der Waals surface area contributed by atoms with Gasteiger partial charge < -0.3 is 4.42 Å². The van der Waals surface area contributed by atoms with Crippen molar-refractivity contribution >= 4 is 10.9 Å². The molecule has 0 N–H and O–H groups in total. The second-order valence-electron chi connectivity index (χ2n) is 7.03. The van der Waals surface area contributed by atoms with Crippen molar-refractivity contribution in [1.29, 1.82) is 0 Å². The van der Waals surface area contributed by atoms with Gasteiger partial charge in [0.1, 0.15) is 5.76 Å². The van der Waals surface area contributed by atoms with E-state index in [4.69, 9.17) is 4.42 Å². The third-order valence-electron chi connectivity index (χ3n) is 5.24. The molecule has 3 heterocycles. The van der Waals surface area contributed by atoms with Crippen molar-refractivity contribution in [1.82, 2.24) is 14.8 Å². The summed E-state index contributed by atoms with van der Waals surface area (Å²) < 4.78 is 5.47. The molecule has 3 aromatic rings. The Kier molecular flexibility index (Phi) is 4.81. The van der Waals surface area contributed by atoms with Crippen LogP contribution in [0.15, 0.2) is 59.3 Å². The summed E-state index contributed by atoms with van der Waals surface area (Å²) in [6.45, 7) is 4.20. The lowest BCUT2D eigenvalue weighted by molar-refractivity contribution is 0.114. The second kappa shape index (κ2) is 7.38. The van der Waals surface area contributed by atoms with Gasteiger partial charge >= 0.3 is 0 Å². The van der Waals surface area contributed by atoms with Gasteiger partial charge in [-0.2, -0.15) is 0 Å². The van der Waals surface area contributed by atoms with E-state index in [2.05, 4.69) is 52.2 Å². The Balaban J connectivity index is 1.33. The van der Waals surface area contributed by atoms with Crippen molar-refractivity contribution in [2.24, 2.45) is 0 Å². The fourth-order valence-corrected chi connectivity index (χ4v) is 3.78. The van der Waals surface area contributed by atoms with E-state index >= 15 is 0 Å². The van der Waals surface area contributed by atoms with E-state index in [0.29, 0.717) is 6.04 Å². The van der Waals surface area contributed by atoms with Gasteiger partial charge in [0.05, 0.1) is 18.3 Å². The molecule has 0 spiro atoms. The van der Waals surface area contributed by atoms with Crippen LogP contribution in [0.4, 0.5) is 0 Å². The smallest absolute Gasteiger partial charge is 0.117 e. The van der Waals surface area contributed by atoms with Gasteiger partial charge in [-0.1, -0.05) is 12.1 Å². The number of likely N-dealkylation sites (tertiary alicyclic amines) is 1. The molecular weight excluding hydrogens is 310 g/mol. The molecule has 1 aliphatic rings. The zero-order valence-corrected chi connectivity index (χ0v) is 14.8. The number of aromatic nitrogens is 1. The van der Waals surface area contributed by atoms with Gasteiger partial charge in [0.25, 0.3) is 0 Å². The van der Waals surface area contributed by atoms with E-state index in [1.807, 2.05) is 18.3 Å². The minimum atomic E-state index is 0.650. The van der Waals surface area contributed by atoms with Crippen molar-refractivity contribution in [3.8, 4) is 0 Å². The van der Waals surface area contributed by atoms with Gasteiger partial charge in [0, 0.05) is 37.3 Å². The van der Waals surface area contributed by atoms with E-state index in [0.717, 1.165) is 37.5 Å². The van der Waals surface area contributed by atoms with Crippen LogP contribution in [0, 0.1) is 0 Å². The number of hydrogen-bond acceptors (Lipinski definition) is 4. The van der Waals surface area contributed by atoms with Crippen molar-refractivity contribution < 1.29 is 4.42 Å². The molecule has 1 saturated heterocycles. The highest BCUT2D eigenvalue weighted by Crippen LogP contribution is 2.21. The SMILES string of the molecule is CN(Cc1ccc2ncccc2c1)C1CCN(Cc2ccco2)CC1. The third-order valence-corrected chi connectivity index (χ3v) is 5.24. The Morgan fingerprint density at radius 3 is 2.84 bits per heavy atom. The van der Waals surface area contributed by atoms with Crippen LogP contribution < -0.4 is 0 Å². The normalized spacial score (nSPS) is 16.7. The molecule has 2 aromatic heterocycles. The molecule has 1 aliphatic heterocycles. The number of pyridine rings is 1. The number of benzene rings is 1. The molecule has 4 rings (SSSR count). The first-order valence-electron chi connectivity index (χ1n) is 9.06. The molecule has 0 unspecified atom stereocenters. The van der Waals surface area contributed by atoms with Crippen LogP contribution in [0.5, 0.6) is 0 Å². The molecule has 1 aromatic carbocycles. The number of hydrogen-bond donors (Lipinski definition) is 0. The lowest BCUT2D eigenvalue weighted by Gasteiger charge is -2.36. The predicted octanol–water partition coefficient (Wildman–Crippen LogP) is 3.92. The van der Waals surface area contributed by atoms with Gasteiger partial charge in [-0.3, -0.25) is 14.8 Å². The van der Waals surface area contributed by atoms with E-state index in [1.165, 1.54) is 23.8 Å². The number of furan rings is 1. The standard InChI is InChI=1S/C21H25N3O/c1-23(15-17-6-7-21-18(14-17)4-2-10-22-21)19-8-11-24(12-9-19)16-20-5-3-13-25-20/h2-7,10,13-14,19H,8-9,11-12,15-16H2,1H3. The lowest BCUT2D eigenvalue weighted by atomic mass is 10.0. The Morgan fingerprint density at radius 1 is 1.16 bits per heavy atom. The molecule has 0 radical (unpaired) electrons. The van der Waals surface area contributed by atoms with Gasteiger partial charge in [0.15, 0.2) is 0 Å². The fraction of sp³-hybridized carbons (Fsp3) is 0.381. The fourth-order valence-electron chi connectivity index (χ4n) is 3.78. The zero-order valence-electron chi connectivity index (χ0n) is 14.8. The van der Waals surface area contributed by atoms with Gasteiger partial charge in [-0.05, 0) is 55.8 Å². The summed E-state index contributed by atoms with van der Waals surface area (Å²) in [4.78, 5) is 9.40. The van der Waals surface area contributed by atoms with Crippen LogP contribution in [-0.2, 0) is 13.1 Å². The van der Waals surface area contributed by atoms with Crippen LogP contribution in [0.1, 0.15) is 24.2 Å². The first-order chi connectivity index (χ1) is 12.3. The second-order valence-corrected chi connectivity index (χ2v) is 7.03. The summed E-state index contributed by atoms with van der Waals surface area (Å²) in [5.74, 6) is 1.07. The Bertz CT molecular complexity index is 807. The first kappa shape index (κ1) is 16.3. The minimum absolute atomic E-state index is 0.650. The summed E-state index contributed by atoms with van der Waals surface area (Å²) >= 11 is 0. The van der Waals surface area contributed by atoms with Crippen molar-refractivity contribution in [3.05, 3.63) is 66.2 Å². The average molecular weight is 335 g/mol. The van der Waals surface area contributed by atoms with Crippen LogP contribution in [-0.4, -0.2) is 41.0 Å². The molecule has 25 heavy (non-hydrogen) atoms. The monoisotopic (exact) mass is 335 g/mol. The van der Waals surface area contributed by atoms with E-state index in [1.54, 1.807) is 6.26 Å². The topological polar surface area (TPSA) is 32.5 Å². The maximum absolute atomic E-state index is 5.47. The molecular formula is C21H25N3O. The highest BCUT2D eigenvalue weighted by molar-refractivity contribution is 5.78. The quantitative estimate of drug-likeness (QED) is 0.707. The largest absolute Gasteiger partial charge is 0.468 e. The summed E-state index contributed by atoms with van der Waals surface area (Å²) in [7, 11) is 2.25. The Morgan fingerprint density at radius 2 is 2.04 bits per heavy atom. The molecule has 0 saturated carbocycles. The zero-order chi connectivity index (χ0) is 17.1. The molecule has 4 heteroatoms. The Labute approximate surface area is 149 Å². The first-order valence-corrected chi connectivity index (χ1v) is 9.06. The van der Waals surface area contributed by atoms with Crippen LogP contribution in [0.2, 0.25) is 0 Å². The highest BCUT2D eigenvalue weighted by Gasteiger charge is 2.23. The molecule has 1 fully saturated rings. The number of piperidine rings is 1. The highest BCUT2D eigenvalue weighted by atomic mass is 16.3. The summed E-state index contributed by atoms with van der Waals surface area (Å²) in [6, 6.07) is 15.4. The third kappa shape index (κ3) is 3.91. The number of nitrogens with zero attached hydrogens (tertiary/aromatic N) is 3. The van der Waals surface area contributed by atoms with Crippen LogP contribution in [0.25, 0.3) is 10.9 Å². The van der Waals surface area contributed by atoms with E-state index < -0.39 is 0 Å². The van der Waals surface area contributed by atoms with Crippen LogP contribution >= 0.6 is 0 Å². The number of rotatable bonds is 5. The average Bonchev–Trinajstić information content (AvgIpc) is 3.15. The van der Waals surface area contributed by atoms with E-state index in [-0.39, 0.29) is 0 Å². The van der Waals surface area contributed by atoms with Crippen molar-refractivity contribution in [3.63, 3.8) is 0 Å². The molecule has 0 amide bonds. The number of fused-ring (bicyclic) bond motifs is 1. The summed E-state index contributed by atoms with van der Waals surface area (Å²) in [5, 5.41) is 1.22. The van der Waals surface area contributed by atoms with Gasteiger partial charge in [-0.25, -0.2) is 0 Å². The van der Waals surface area contributed by atoms with Crippen LogP contribution in [0.3, 0.4) is 0 Å². The van der Waals surface area contributed by atoms with E-state index in [9.17, 15) is 0 Å². The van der Waals surface area contributed by atoms with Crippen molar-refractivity contribution in [2.75, 3.05) is 20.1 Å². The predicted molar refractivity (Wildman–Crippen MR) is 100 cm³/mol. The van der Waals surface area contributed by atoms with Crippen molar-refractivity contribution in [2.45, 2.75) is 32.0 Å². The Hall–Kier alpha value is -2.17. The van der Waals surface area contributed by atoms with Gasteiger partial charge in [-0.15, -0.1) is 0 Å². The van der Waals surface area contributed by atoms with Gasteiger partial charge in [0.2, 0.25) is 0 Å². The molecule has 4 nitrogen and oxygen atoms in total.